The van der Waals surface area contributed by atoms with Gasteiger partial charge >= 0.3 is 39.5 Å². The Labute approximate surface area is 632 Å². The maximum absolute atomic E-state index is 13.1. The average molecular weight is 1510 g/mol. The van der Waals surface area contributed by atoms with E-state index in [2.05, 4.69) is 48.5 Å². The summed E-state index contributed by atoms with van der Waals surface area (Å²) in [6, 6.07) is 0. The van der Waals surface area contributed by atoms with Gasteiger partial charge in [-0.25, -0.2) is 9.13 Å². The van der Waals surface area contributed by atoms with E-state index in [1.54, 1.807) is 0 Å². The lowest BCUT2D eigenvalue weighted by Gasteiger charge is -2.21. The Balaban J connectivity index is 5.11. The van der Waals surface area contributed by atoms with Crippen molar-refractivity contribution in [1.29, 1.82) is 0 Å². The van der Waals surface area contributed by atoms with Gasteiger partial charge in [0.05, 0.1) is 26.4 Å². The molecule has 612 valence electrons. The number of carbonyl (C=O) groups is 4. The molecule has 0 rings (SSSR count). The van der Waals surface area contributed by atoms with Gasteiger partial charge in [0.2, 0.25) is 0 Å². The molecular weight excluding hydrogens is 1340 g/mol. The maximum atomic E-state index is 13.1. The van der Waals surface area contributed by atoms with Gasteiger partial charge < -0.3 is 33.8 Å². The number of aliphatic hydroxyl groups excluding tert-OH is 1. The zero-order valence-corrected chi connectivity index (χ0v) is 69.6. The van der Waals surface area contributed by atoms with Crippen molar-refractivity contribution >= 4 is 39.5 Å². The first kappa shape index (κ1) is 101. The molecule has 0 amide bonds. The molecule has 19 heteroatoms. The van der Waals surface area contributed by atoms with Gasteiger partial charge in [-0.15, -0.1) is 0 Å². The van der Waals surface area contributed by atoms with Gasteiger partial charge in [-0.2, -0.15) is 0 Å². The first-order chi connectivity index (χ1) is 49.8. The van der Waals surface area contributed by atoms with Crippen LogP contribution < -0.4 is 0 Å². The minimum atomic E-state index is -4.96. The number of hydrogen-bond donors (Lipinski definition) is 3. The number of phosphoric ester groups is 2. The van der Waals surface area contributed by atoms with Crippen molar-refractivity contribution in [2.75, 3.05) is 39.6 Å². The molecule has 3 N–H and O–H groups in total. The monoisotopic (exact) mass is 1510 g/mol. The summed E-state index contributed by atoms with van der Waals surface area (Å²) in [5, 5.41) is 10.6. The highest BCUT2D eigenvalue weighted by molar-refractivity contribution is 7.47. The maximum Gasteiger partial charge on any atom is 0.472 e. The van der Waals surface area contributed by atoms with Crippen molar-refractivity contribution < 1.29 is 80.2 Å². The zero-order chi connectivity index (χ0) is 75.8. The fraction of sp³-hybridized carbons (Fsp3) is 0.952. The molecule has 0 aromatic rings. The number of phosphoric acid groups is 2. The van der Waals surface area contributed by atoms with Crippen LogP contribution in [0.4, 0.5) is 0 Å². The van der Waals surface area contributed by atoms with Gasteiger partial charge in [0, 0.05) is 25.7 Å². The predicted molar refractivity (Wildman–Crippen MR) is 423 cm³/mol. The summed E-state index contributed by atoms with van der Waals surface area (Å²) in [6.07, 6.45) is 64.3. The molecule has 0 fully saturated rings. The molecule has 0 aromatic heterocycles. The van der Waals surface area contributed by atoms with Crippen molar-refractivity contribution in [3.8, 4) is 0 Å². The van der Waals surface area contributed by atoms with Crippen LogP contribution in [0.1, 0.15) is 440 Å². The van der Waals surface area contributed by atoms with Crippen LogP contribution >= 0.6 is 15.6 Å². The average Bonchev–Trinajstić information content (AvgIpc) is 0.922. The van der Waals surface area contributed by atoms with Crippen LogP contribution in [0.5, 0.6) is 0 Å². The number of rotatable bonds is 82. The van der Waals surface area contributed by atoms with Crippen LogP contribution in [0.3, 0.4) is 0 Å². The molecule has 0 bridgehead atoms. The first-order valence-electron chi connectivity index (χ1n) is 43.4. The first-order valence-corrected chi connectivity index (χ1v) is 46.4. The highest BCUT2D eigenvalue weighted by Crippen LogP contribution is 2.45. The fourth-order valence-electron chi connectivity index (χ4n) is 13.0. The molecule has 0 aliphatic heterocycles. The van der Waals surface area contributed by atoms with E-state index in [1.807, 2.05) is 0 Å². The number of hydrogen-bond acceptors (Lipinski definition) is 15. The number of carbonyl (C=O) groups excluding carboxylic acids is 4. The standard InChI is InChI=1S/C84H164O17P2/c1-8-10-11-48-58-65-81(86)94-71-79(100-83(88)67-60-54-47-41-35-29-23-22-26-32-38-44-51-57-64-77(7)9-2)73-98-102(90,91)96-69-78(85)70-97-103(92,93)99-74-80(72-95-82(87)66-59-52-45-39-33-27-20-17-16-19-25-31-37-43-50-56-63-76(5)6)101-84(89)68-61-53-46-40-34-28-21-15-13-12-14-18-24-30-36-42-49-55-62-75(3)4/h75-80,85H,8-74H2,1-7H3,(H,90,91)(H,92,93)/t77?,78-,79+,80+/m0/s1. The molecule has 0 saturated heterocycles. The largest absolute Gasteiger partial charge is 0.472 e. The Morgan fingerprint density at radius 1 is 0.282 bits per heavy atom. The van der Waals surface area contributed by atoms with E-state index in [4.69, 9.17) is 37.0 Å². The summed E-state index contributed by atoms with van der Waals surface area (Å²) >= 11 is 0. The molecule has 0 aliphatic rings. The number of aliphatic hydroxyl groups is 1. The van der Waals surface area contributed by atoms with E-state index < -0.39 is 97.5 Å². The molecule has 3 unspecified atom stereocenters. The Kier molecular flexibility index (Phi) is 72.8. The normalized spacial score (nSPS) is 14.2. The van der Waals surface area contributed by atoms with E-state index in [1.165, 1.54) is 244 Å². The Bertz CT molecular complexity index is 1990. The van der Waals surface area contributed by atoms with Crippen molar-refractivity contribution in [2.24, 2.45) is 17.8 Å². The lowest BCUT2D eigenvalue weighted by molar-refractivity contribution is -0.161. The number of esters is 4. The molecule has 0 aromatic carbocycles. The van der Waals surface area contributed by atoms with E-state index in [0.717, 1.165) is 114 Å². The van der Waals surface area contributed by atoms with Crippen LogP contribution in [-0.2, 0) is 65.4 Å². The Hall–Kier alpha value is -1.94. The van der Waals surface area contributed by atoms with Crippen LogP contribution in [0.15, 0.2) is 0 Å². The van der Waals surface area contributed by atoms with Gasteiger partial charge in [-0.05, 0) is 43.4 Å². The third-order valence-corrected chi connectivity index (χ3v) is 21.9. The van der Waals surface area contributed by atoms with Gasteiger partial charge in [0.1, 0.15) is 19.3 Å². The van der Waals surface area contributed by atoms with Gasteiger partial charge in [0.15, 0.2) is 12.2 Å². The van der Waals surface area contributed by atoms with Crippen LogP contribution in [0.25, 0.3) is 0 Å². The highest BCUT2D eigenvalue weighted by Gasteiger charge is 2.30. The summed E-state index contributed by atoms with van der Waals surface area (Å²) in [5.41, 5.74) is 0. The number of ether oxygens (including phenoxy) is 4. The minimum absolute atomic E-state index is 0.107. The second-order valence-electron chi connectivity index (χ2n) is 31.4. The minimum Gasteiger partial charge on any atom is -0.462 e. The third-order valence-electron chi connectivity index (χ3n) is 20.0. The summed E-state index contributed by atoms with van der Waals surface area (Å²) in [5.74, 6) is 0.361. The van der Waals surface area contributed by atoms with Crippen molar-refractivity contribution in [2.45, 2.75) is 458 Å². The van der Waals surface area contributed by atoms with Crippen LogP contribution in [0, 0.1) is 17.8 Å². The summed E-state index contributed by atoms with van der Waals surface area (Å²) < 4.78 is 68.6. The van der Waals surface area contributed by atoms with E-state index in [-0.39, 0.29) is 25.7 Å². The molecule has 0 radical (unpaired) electrons. The van der Waals surface area contributed by atoms with Gasteiger partial charge in [-0.1, -0.05) is 389 Å². The summed E-state index contributed by atoms with van der Waals surface area (Å²) in [6.45, 7) is 12.0. The smallest absolute Gasteiger partial charge is 0.462 e. The fourth-order valence-corrected chi connectivity index (χ4v) is 14.6. The van der Waals surface area contributed by atoms with Gasteiger partial charge in [-0.3, -0.25) is 37.3 Å². The topological polar surface area (TPSA) is 237 Å². The zero-order valence-electron chi connectivity index (χ0n) is 67.8. The lowest BCUT2D eigenvalue weighted by Crippen LogP contribution is -2.30. The molecule has 6 atom stereocenters. The molecular formula is C84H164O17P2. The van der Waals surface area contributed by atoms with Crippen LogP contribution in [-0.4, -0.2) is 96.7 Å². The van der Waals surface area contributed by atoms with Gasteiger partial charge in [0.25, 0.3) is 0 Å². The van der Waals surface area contributed by atoms with Crippen LogP contribution in [0.2, 0.25) is 0 Å². The molecule has 17 nitrogen and oxygen atoms in total. The van der Waals surface area contributed by atoms with Crippen molar-refractivity contribution in [1.82, 2.24) is 0 Å². The SMILES string of the molecule is CCCCCCCC(=O)OC[C@H](COP(=O)(O)OC[C@H](O)COP(=O)(O)OC[C@@H](COC(=O)CCCCCCCCCCCCCCCCCCC(C)C)OC(=O)CCCCCCCCCCCCCCCCCCCCC(C)C)OC(=O)CCCCCCCCCCCCCCCCC(C)CC. The quantitative estimate of drug-likeness (QED) is 0.0222. The Morgan fingerprint density at radius 3 is 0.738 bits per heavy atom. The third kappa shape index (κ3) is 76.6. The van der Waals surface area contributed by atoms with E-state index in [9.17, 15) is 43.2 Å². The van der Waals surface area contributed by atoms with Crippen molar-refractivity contribution in [3.05, 3.63) is 0 Å². The molecule has 0 heterocycles. The van der Waals surface area contributed by atoms with E-state index >= 15 is 0 Å². The second-order valence-corrected chi connectivity index (χ2v) is 34.3. The molecule has 0 saturated carbocycles. The Morgan fingerprint density at radius 2 is 0.495 bits per heavy atom. The summed E-state index contributed by atoms with van der Waals surface area (Å²) in [7, 11) is -9.91. The summed E-state index contributed by atoms with van der Waals surface area (Å²) in [4.78, 5) is 72.8. The van der Waals surface area contributed by atoms with Crippen molar-refractivity contribution in [3.63, 3.8) is 0 Å². The second kappa shape index (κ2) is 74.2. The van der Waals surface area contributed by atoms with E-state index in [0.29, 0.717) is 25.7 Å². The molecule has 103 heavy (non-hydrogen) atoms. The highest BCUT2D eigenvalue weighted by atomic mass is 31.2. The lowest BCUT2D eigenvalue weighted by atomic mass is 9.99. The molecule has 0 spiro atoms. The molecule has 0 aliphatic carbocycles. The predicted octanol–water partition coefficient (Wildman–Crippen LogP) is 25.3. The number of unbranched alkanes of at least 4 members (excludes halogenated alkanes) is 49.